The first-order valence-corrected chi connectivity index (χ1v) is 2.95. The molecule has 1 aromatic rings. The topological polar surface area (TPSA) is 55.2 Å². The summed E-state index contributed by atoms with van der Waals surface area (Å²) in [6.07, 6.45) is 1.56. The van der Waals surface area contributed by atoms with Crippen LogP contribution in [0.1, 0.15) is 0 Å². The van der Waals surface area contributed by atoms with Crippen molar-refractivity contribution in [3.05, 3.63) is 18.3 Å². The van der Waals surface area contributed by atoms with Gasteiger partial charge in [-0.2, -0.15) is 5.10 Å². The zero-order valence-electron chi connectivity index (χ0n) is 5.40. The van der Waals surface area contributed by atoms with Crippen molar-refractivity contribution in [2.24, 2.45) is 0 Å². The minimum Gasteiger partial charge on any atom is -0.474 e. The molecular weight excluding hydrogens is 132 g/mol. The second-order valence-electron chi connectivity index (χ2n) is 1.63. The minimum absolute atomic E-state index is 0.00340. The minimum atomic E-state index is -0.00340. The molecule has 0 atom stereocenters. The second kappa shape index (κ2) is 3.79. The summed E-state index contributed by atoms with van der Waals surface area (Å²) in [6.45, 7) is 0.259. The molecule has 4 heteroatoms. The highest BCUT2D eigenvalue weighted by Crippen LogP contribution is 1.99. The van der Waals surface area contributed by atoms with Gasteiger partial charge in [0.1, 0.15) is 6.61 Å². The SMILES string of the molecule is OCCOc1cccnn1. The van der Waals surface area contributed by atoms with Gasteiger partial charge in [0.15, 0.2) is 0 Å². The summed E-state index contributed by atoms with van der Waals surface area (Å²) in [5.41, 5.74) is 0. The second-order valence-corrected chi connectivity index (χ2v) is 1.63. The van der Waals surface area contributed by atoms with Crippen LogP contribution in [0.15, 0.2) is 18.3 Å². The highest BCUT2D eigenvalue weighted by molar-refractivity contribution is 5.04. The lowest BCUT2D eigenvalue weighted by atomic mass is 10.6. The van der Waals surface area contributed by atoms with E-state index in [4.69, 9.17) is 9.84 Å². The number of aliphatic hydroxyl groups is 1. The number of aliphatic hydroxyl groups excluding tert-OH is 1. The summed E-state index contributed by atoms with van der Waals surface area (Å²) in [4.78, 5) is 0. The van der Waals surface area contributed by atoms with Crippen LogP contribution < -0.4 is 4.74 Å². The van der Waals surface area contributed by atoms with Gasteiger partial charge in [-0.15, -0.1) is 5.10 Å². The molecule has 0 radical (unpaired) electrons. The normalized spacial score (nSPS) is 9.30. The number of hydrogen-bond donors (Lipinski definition) is 1. The number of rotatable bonds is 3. The molecule has 0 saturated carbocycles. The van der Waals surface area contributed by atoms with Crippen LogP contribution in [0.3, 0.4) is 0 Å². The fourth-order valence-electron chi connectivity index (χ4n) is 0.515. The van der Waals surface area contributed by atoms with Crippen molar-refractivity contribution < 1.29 is 9.84 Å². The van der Waals surface area contributed by atoms with Gasteiger partial charge in [-0.1, -0.05) is 0 Å². The molecule has 0 aromatic carbocycles. The highest BCUT2D eigenvalue weighted by Gasteiger charge is 1.89. The largest absolute Gasteiger partial charge is 0.474 e. The Hall–Kier alpha value is -1.16. The third-order valence-electron chi connectivity index (χ3n) is 0.889. The fourth-order valence-corrected chi connectivity index (χ4v) is 0.515. The molecule has 0 saturated heterocycles. The van der Waals surface area contributed by atoms with E-state index in [0.717, 1.165) is 0 Å². The van der Waals surface area contributed by atoms with E-state index < -0.39 is 0 Å². The lowest BCUT2D eigenvalue weighted by Crippen LogP contribution is -2.02. The van der Waals surface area contributed by atoms with Gasteiger partial charge in [-0.05, 0) is 6.07 Å². The highest BCUT2D eigenvalue weighted by atomic mass is 16.5. The Morgan fingerprint density at radius 3 is 3.10 bits per heavy atom. The van der Waals surface area contributed by atoms with Crippen molar-refractivity contribution in [1.82, 2.24) is 10.2 Å². The molecule has 10 heavy (non-hydrogen) atoms. The number of aromatic nitrogens is 2. The molecule has 0 amide bonds. The Morgan fingerprint density at radius 2 is 2.50 bits per heavy atom. The summed E-state index contributed by atoms with van der Waals surface area (Å²) >= 11 is 0. The van der Waals surface area contributed by atoms with Crippen molar-refractivity contribution in [2.75, 3.05) is 13.2 Å². The standard InChI is InChI=1S/C6H8N2O2/c9-4-5-10-6-2-1-3-7-8-6/h1-3,9H,4-5H2. The molecule has 0 unspecified atom stereocenters. The van der Waals surface area contributed by atoms with Crippen molar-refractivity contribution >= 4 is 0 Å². The lowest BCUT2D eigenvalue weighted by Gasteiger charge is -1.98. The zero-order chi connectivity index (χ0) is 7.23. The Bertz CT molecular complexity index is 178. The monoisotopic (exact) mass is 140 g/mol. The first-order chi connectivity index (χ1) is 4.93. The van der Waals surface area contributed by atoms with Crippen LogP contribution in [-0.4, -0.2) is 28.5 Å². The Morgan fingerprint density at radius 1 is 1.60 bits per heavy atom. The molecule has 0 aliphatic heterocycles. The van der Waals surface area contributed by atoms with E-state index in [0.29, 0.717) is 5.88 Å². The molecule has 1 rings (SSSR count). The molecule has 1 aromatic heterocycles. The van der Waals surface area contributed by atoms with Crippen LogP contribution in [0.2, 0.25) is 0 Å². The molecule has 4 nitrogen and oxygen atoms in total. The van der Waals surface area contributed by atoms with Gasteiger partial charge in [-0.25, -0.2) is 0 Å². The first-order valence-electron chi connectivity index (χ1n) is 2.95. The lowest BCUT2D eigenvalue weighted by molar-refractivity contribution is 0.195. The molecule has 1 N–H and O–H groups in total. The summed E-state index contributed by atoms with van der Waals surface area (Å²) < 4.78 is 4.93. The van der Waals surface area contributed by atoms with Gasteiger partial charge in [0.05, 0.1) is 6.61 Å². The van der Waals surface area contributed by atoms with Gasteiger partial charge in [0.2, 0.25) is 5.88 Å². The van der Waals surface area contributed by atoms with E-state index in [1.165, 1.54) is 0 Å². The summed E-state index contributed by atoms with van der Waals surface area (Å²) in [7, 11) is 0. The van der Waals surface area contributed by atoms with Crippen LogP contribution in [0.25, 0.3) is 0 Å². The van der Waals surface area contributed by atoms with Crippen LogP contribution in [0, 0.1) is 0 Å². The van der Waals surface area contributed by atoms with E-state index in [-0.39, 0.29) is 13.2 Å². The third kappa shape index (κ3) is 1.99. The molecule has 0 aliphatic rings. The van der Waals surface area contributed by atoms with Crippen molar-refractivity contribution in [3.8, 4) is 5.88 Å². The quantitative estimate of drug-likeness (QED) is 0.634. The summed E-state index contributed by atoms with van der Waals surface area (Å²) in [6, 6.07) is 3.41. The average molecular weight is 140 g/mol. The van der Waals surface area contributed by atoms with Crippen LogP contribution in [0.4, 0.5) is 0 Å². The van der Waals surface area contributed by atoms with E-state index in [2.05, 4.69) is 10.2 Å². The number of nitrogens with zero attached hydrogens (tertiary/aromatic N) is 2. The van der Waals surface area contributed by atoms with Gasteiger partial charge in [-0.3, -0.25) is 0 Å². The Labute approximate surface area is 58.5 Å². The molecular formula is C6H8N2O2. The van der Waals surface area contributed by atoms with E-state index >= 15 is 0 Å². The predicted octanol–water partition coefficient (Wildman–Crippen LogP) is -0.152. The first kappa shape index (κ1) is 6.95. The van der Waals surface area contributed by atoms with Crippen LogP contribution in [-0.2, 0) is 0 Å². The van der Waals surface area contributed by atoms with E-state index in [1.807, 2.05) is 0 Å². The summed E-state index contributed by atoms with van der Waals surface area (Å²) in [5.74, 6) is 0.441. The number of hydrogen-bond acceptors (Lipinski definition) is 4. The molecule has 54 valence electrons. The summed E-state index contributed by atoms with van der Waals surface area (Å²) in [5, 5.41) is 15.6. The van der Waals surface area contributed by atoms with Gasteiger partial charge >= 0.3 is 0 Å². The van der Waals surface area contributed by atoms with E-state index in [9.17, 15) is 0 Å². The fraction of sp³-hybridized carbons (Fsp3) is 0.333. The Balaban J connectivity index is 2.43. The van der Waals surface area contributed by atoms with Gasteiger partial charge in [0.25, 0.3) is 0 Å². The van der Waals surface area contributed by atoms with Crippen molar-refractivity contribution in [2.45, 2.75) is 0 Å². The molecule has 0 fully saturated rings. The van der Waals surface area contributed by atoms with Crippen molar-refractivity contribution in [3.63, 3.8) is 0 Å². The van der Waals surface area contributed by atoms with E-state index in [1.54, 1.807) is 18.3 Å². The predicted molar refractivity (Wildman–Crippen MR) is 34.6 cm³/mol. The van der Waals surface area contributed by atoms with Gasteiger partial charge in [0, 0.05) is 12.3 Å². The maximum Gasteiger partial charge on any atom is 0.233 e. The zero-order valence-corrected chi connectivity index (χ0v) is 5.40. The maximum atomic E-state index is 8.35. The van der Waals surface area contributed by atoms with Crippen LogP contribution in [0.5, 0.6) is 5.88 Å². The van der Waals surface area contributed by atoms with Crippen LogP contribution >= 0.6 is 0 Å². The third-order valence-corrected chi connectivity index (χ3v) is 0.889. The smallest absolute Gasteiger partial charge is 0.233 e. The van der Waals surface area contributed by atoms with Crippen molar-refractivity contribution in [1.29, 1.82) is 0 Å². The van der Waals surface area contributed by atoms with Gasteiger partial charge < -0.3 is 9.84 Å². The Kier molecular flexibility index (Phi) is 2.63. The molecule has 1 heterocycles. The average Bonchev–Trinajstić information content (AvgIpc) is 2.03. The molecule has 0 bridgehead atoms. The number of ether oxygens (including phenoxy) is 1. The molecule has 0 aliphatic carbocycles. The maximum absolute atomic E-state index is 8.35. The molecule has 0 spiro atoms.